The smallest absolute Gasteiger partial charge is 0.238 e. The Bertz CT molecular complexity index is 1580. The van der Waals surface area contributed by atoms with Crippen LogP contribution in [0.15, 0.2) is 69.7 Å². The lowest BCUT2D eigenvalue weighted by molar-refractivity contribution is -0.122. The molecule has 0 spiro atoms. The topological polar surface area (TPSA) is 70.1 Å². The Balaban J connectivity index is 1.45. The molecule has 1 aromatic heterocycles. The number of pyridine rings is 1. The van der Waals surface area contributed by atoms with Crippen molar-refractivity contribution in [1.82, 2.24) is 20.1 Å². The molecule has 2 saturated heterocycles. The van der Waals surface area contributed by atoms with Crippen molar-refractivity contribution in [3.05, 3.63) is 75.8 Å². The SMILES string of the molecule is CCCC#CC1=C(N2CCC(F)C2)CC(CC)=CC(c2ccnc(N=C3C=CC(NC(=O)CN4CCOCC4)=C(CC)CC3)c2CC)=C1. The third-order valence-corrected chi connectivity index (χ3v) is 9.55. The van der Waals surface area contributed by atoms with E-state index in [1.165, 1.54) is 11.1 Å². The molecule has 3 heterocycles. The van der Waals surface area contributed by atoms with E-state index >= 15 is 0 Å². The number of aromatic nitrogens is 1. The normalized spacial score (nSPS) is 21.5. The van der Waals surface area contributed by atoms with Crippen LogP contribution in [-0.2, 0) is 16.0 Å². The van der Waals surface area contributed by atoms with Crippen LogP contribution in [0.3, 0.4) is 0 Å². The number of unbranched alkanes of at least 4 members (excludes halogenated alkanes) is 1. The predicted octanol–water partition coefficient (Wildman–Crippen LogP) is 7.40. The van der Waals surface area contributed by atoms with Gasteiger partial charge in [-0.15, -0.1) is 0 Å². The molecule has 1 unspecified atom stereocenters. The van der Waals surface area contributed by atoms with Gasteiger partial charge in [0.2, 0.25) is 5.91 Å². The molecule has 1 atom stereocenters. The highest BCUT2D eigenvalue weighted by atomic mass is 19.1. The third kappa shape index (κ3) is 9.21. The molecular weight excluding hydrogens is 601 g/mol. The summed E-state index contributed by atoms with van der Waals surface area (Å²) in [6.07, 6.45) is 17.0. The number of nitrogens with one attached hydrogen (secondary N) is 1. The molecule has 2 aliphatic carbocycles. The maximum atomic E-state index is 14.4. The molecule has 2 aliphatic heterocycles. The van der Waals surface area contributed by atoms with Gasteiger partial charge in [0.25, 0.3) is 0 Å². The highest BCUT2D eigenvalue weighted by Gasteiger charge is 2.27. The molecule has 48 heavy (non-hydrogen) atoms. The first-order valence-corrected chi connectivity index (χ1v) is 18.0. The Morgan fingerprint density at radius 2 is 1.92 bits per heavy atom. The number of likely N-dealkylation sites (tertiary alicyclic amines) is 1. The molecule has 2 fully saturated rings. The van der Waals surface area contributed by atoms with E-state index in [9.17, 15) is 9.18 Å². The minimum atomic E-state index is -0.791. The van der Waals surface area contributed by atoms with E-state index in [2.05, 4.69) is 72.9 Å². The Hall–Kier alpha value is -3.80. The lowest BCUT2D eigenvalue weighted by Crippen LogP contribution is -2.43. The lowest BCUT2D eigenvalue weighted by atomic mass is 9.96. The number of nitrogens with zero attached hydrogens (tertiary/aromatic N) is 4. The number of ether oxygens (including phenoxy) is 1. The van der Waals surface area contributed by atoms with Gasteiger partial charge in [-0.2, -0.15) is 0 Å². The van der Waals surface area contributed by atoms with Crippen LogP contribution in [0.1, 0.15) is 90.2 Å². The molecule has 0 radical (unpaired) electrons. The summed E-state index contributed by atoms with van der Waals surface area (Å²) in [7, 11) is 0. The van der Waals surface area contributed by atoms with Crippen LogP contribution in [0.25, 0.3) is 5.57 Å². The average Bonchev–Trinajstić information content (AvgIpc) is 3.32. The second-order valence-corrected chi connectivity index (χ2v) is 12.9. The van der Waals surface area contributed by atoms with Crippen molar-refractivity contribution >= 4 is 23.0 Å². The maximum Gasteiger partial charge on any atom is 0.238 e. The molecule has 7 nitrogen and oxygen atoms in total. The largest absolute Gasteiger partial charge is 0.379 e. The van der Waals surface area contributed by atoms with Crippen LogP contribution in [0.5, 0.6) is 0 Å². The summed E-state index contributed by atoms with van der Waals surface area (Å²) >= 11 is 0. The van der Waals surface area contributed by atoms with E-state index in [-0.39, 0.29) is 5.91 Å². The first-order valence-electron chi connectivity index (χ1n) is 18.0. The van der Waals surface area contributed by atoms with E-state index in [0.29, 0.717) is 32.7 Å². The number of carbonyl (C=O) groups excluding carboxylic acids is 1. The van der Waals surface area contributed by atoms with Gasteiger partial charge in [-0.05, 0) is 85.9 Å². The fourth-order valence-electron chi connectivity index (χ4n) is 6.75. The maximum absolute atomic E-state index is 14.4. The summed E-state index contributed by atoms with van der Waals surface area (Å²) in [5.41, 5.74) is 9.81. The van der Waals surface area contributed by atoms with Gasteiger partial charge in [-0.1, -0.05) is 51.2 Å². The number of aliphatic imine (C=N–C) groups is 1. The minimum absolute atomic E-state index is 0.00640. The van der Waals surface area contributed by atoms with Crippen LogP contribution in [0, 0.1) is 11.8 Å². The number of carbonyl (C=O) groups is 1. The fraction of sp³-hybridized carbons (Fsp3) is 0.525. The summed E-state index contributed by atoms with van der Waals surface area (Å²) in [5.74, 6) is 7.59. The van der Waals surface area contributed by atoms with Crippen LogP contribution in [0.2, 0.25) is 0 Å². The molecule has 1 amide bonds. The van der Waals surface area contributed by atoms with Crippen LogP contribution in [0.4, 0.5) is 10.2 Å². The van der Waals surface area contributed by atoms with Gasteiger partial charge in [0.15, 0.2) is 5.82 Å². The molecule has 5 rings (SSSR count). The van der Waals surface area contributed by atoms with Crippen LogP contribution < -0.4 is 5.32 Å². The summed E-state index contributed by atoms with van der Waals surface area (Å²) in [6, 6.07) is 2.09. The molecule has 1 aromatic rings. The quantitative estimate of drug-likeness (QED) is 0.267. The van der Waals surface area contributed by atoms with Crippen molar-refractivity contribution in [2.45, 2.75) is 91.7 Å². The van der Waals surface area contributed by atoms with Crippen LogP contribution >= 0.6 is 0 Å². The molecular formula is C40H52FN5O2. The number of halogens is 1. The van der Waals surface area contributed by atoms with Gasteiger partial charge in [0.1, 0.15) is 6.17 Å². The molecule has 1 N–H and O–H groups in total. The monoisotopic (exact) mass is 653 g/mol. The fourth-order valence-corrected chi connectivity index (χ4v) is 6.75. The number of alkyl halides is 1. The van der Waals surface area contributed by atoms with E-state index < -0.39 is 6.17 Å². The highest BCUT2D eigenvalue weighted by molar-refractivity contribution is 5.98. The zero-order valence-electron chi connectivity index (χ0n) is 29.3. The van der Waals surface area contributed by atoms with Gasteiger partial charge in [-0.3, -0.25) is 9.69 Å². The summed E-state index contributed by atoms with van der Waals surface area (Å²) in [5, 5.41) is 3.18. The molecule has 0 saturated carbocycles. The zero-order valence-corrected chi connectivity index (χ0v) is 29.3. The first-order chi connectivity index (χ1) is 23.4. The van der Waals surface area contributed by atoms with Crippen molar-refractivity contribution in [1.29, 1.82) is 0 Å². The van der Waals surface area contributed by atoms with Gasteiger partial charge in [-0.25, -0.2) is 14.4 Å². The number of hydrogen-bond donors (Lipinski definition) is 1. The van der Waals surface area contributed by atoms with Crippen molar-refractivity contribution in [3.8, 4) is 11.8 Å². The van der Waals surface area contributed by atoms with Crippen molar-refractivity contribution in [2.75, 3.05) is 45.9 Å². The molecule has 0 bridgehead atoms. The van der Waals surface area contributed by atoms with Crippen molar-refractivity contribution in [2.24, 2.45) is 4.99 Å². The number of allylic oxidation sites excluding steroid dienone is 8. The standard InChI is InChI=1S/C40H52FN5O2/c1-5-9-10-11-31-26-32(24-29(6-2)25-38(31)46-19-17-33(41)27-46)36-16-18-42-40(35(36)8-4)43-34-13-12-30(7-3)37(15-14-34)44-39(47)28-45-20-22-48-23-21-45/h14-16,18,24,26,33H,5-9,12-13,17,19-23,25,27-28H2,1-4H3,(H,44,47). The van der Waals surface area contributed by atoms with E-state index in [1.807, 2.05) is 18.3 Å². The van der Waals surface area contributed by atoms with Crippen LogP contribution in [-0.4, -0.2) is 78.5 Å². The second kappa shape index (κ2) is 17.6. The van der Waals surface area contributed by atoms with Gasteiger partial charge in [0, 0.05) is 73.5 Å². The summed E-state index contributed by atoms with van der Waals surface area (Å²) < 4.78 is 19.8. The zero-order chi connectivity index (χ0) is 33.9. The first kappa shape index (κ1) is 35.5. The number of hydrogen-bond acceptors (Lipinski definition) is 6. The second-order valence-electron chi connectivity index (χ2n) is 12.9. The Kier molecular flexibility index (Phi) is 13.0. The summed E-state index contributed by atoms with van der Waals surface area (Å²) in [4.78, 5) is 27.2. The average molecular weight is 654 g/mol. The van der Waals surface area contributed by atoms with Crippen molar-refractivity contribution < 1.29 is 13.9 Å². The molecule has 4 aliphatic rings. The van der Waals surface area contributed by atoms with Gasteiger partial charge >= 0.3 is 0 Å². The number of morpholine rings is 1. The molecule has 0 aromatic carbocycles. The van der Waals surface area contributed by atoms with Gasteiger partial charge in [0.05, 0.1) is 19.8 Å². The Morgan fingerprint density at radius 1 is 1.08 bits per heavy atom. The summed E-state index contributed by atoms with van der Waals surface area (Å²) in [6.45, 7) is 13.1. The Morgan fingerprint density at radius 3 is 2.62 bits per heavy atom. The third-order valence-electron chi connectivity index (χ3n) is 9.55. The highest BCUT2D eigenvalue weighted by Crippen LogP contribution is 2.36. The minimum Gasteiger partial charge on any atom is -0.379 e. The number of amides is 1. The van der Waals surface area contributed by atoms with Crippen molar-refractivity contribution in [3.63, 3.8) is 0 Å². The molecule has 8 heteroatoms. The number of rotatable bonds is 10. The van der Waals surface area contributed by atoms with E-state index in [0.717, 1.165) is 116 Å². The molecule has 256 valence electrons. The Labute approximate surface area is 286 Å². The van der Waals surface area contributed by atoms with E-state index in [4.69, 9.17) is 14.7 Å². The lowest BCUT2D eigenvalue weighted by Gasteiger charge is -2.26. The van der Waals surface area contributed by atoms with Gasteiger partial charge < -0.3 is 15.0 Å². The predicted molar refractivity (Wildman–Crippen MR) is 194 cm³/mol. The van der Waals surface area contributed by atoms with E-state index in [1.54, 1.807) is 0 Å².